The van der Waals surface area contributed by atoms with Crippen LogP contribution >= 0.6 is 0 Å². The van der Waals surface area contributed by atoms with Crippen LogP contribution in [0.4, 0.5) is 23.8 Å². The van der Waals surface area contributed by atoms with E-state index in [1.165, 1.54) is 4.90 Å². The Morgan fingerprint density at radius 2 is 2.08 bits per heavy atom. The Kier molecular flexibility index (Phi) is 4.67. The highest BCUT2D eigenvalue weighted by molar-refractivity contribution is 5.88. The summed E-state index contributed by atoms with van der Waals surface area (Å²) in [6.45, 7) is 0.801. The molecule has 2 amide bonds. The van der Waals surface area contributed by atoms with E-state index < -0.39 is 23.5 Å². The van der Waals surface area contributed by atoms with Gasteiger partial charge in [-0.25, -0.2) is 9.78 Å². The normalized spacial score (nSPS) is 24.0. The first-order valence-electron chi connectivity index (χ1n) is 8.02. The fourth-order valence-corrected chi connectivity index (χ4v) is 3.75. The second kappa shape index (κ2) is 6.58. The van der Waals surface area contributed by atoms with Crippen molar-refractivity contribution in [3.05, 3.63) is 24.4 Å². The zero-order valence-electron chi connectivity index (χ0n) is 13.2. The second-order valence-corrected chi connectivity index (χ2v) is 6.42. The number of hydrogen-bond donors (Lipinski definition) is 1. The van der Waals surface area contributed by atoms with Gasteiger partial charge in [0.05, 0.1) is 5.92 Å². The molecule has 1 spiro atoms. The number of likely N-dealkylation sites (tertiary alicyclic amines) is 1. The molecule has 1 aromatic heterocycles. The molecule has 24 heavy (non-hydrogen) atoms. The number of carbonyl (C=O) groups is 1. The topological polar surface area (TPSA) is 54.5 Å². The highest BCUT2D eigenvalue weighted by atomic mass is 19.4. The lowest BCUT2D eigenvalue weighted by atomic mass is 9.66. The van der Waals surface area contributed by atoms with E-state index in [0.717, 1.165) is 0 Å². The third-order valence-corrected chi connectivity index (χ3v) is 5.00. The van der Waals surface area contributed by atoms with Gasteiger partial charge in [-0.3, -0.25) is 5.32 Å². The van der Waals surface area contributed by atoms with Gasteiger partial charge in [-0.05, 0) is 31.4 Å². The Balaban J connectivity index is 1.74. The zero-order valence-corrected chi connectivity index (χ0v) is 13.2. The van der Waals surface area contributed by atoms with Crippen molar-refractivity contribution in [2.45, 2.75) is 25.4 Å². The van der Waals surface area contributed by atoms with Crippen LogP contribution in [0.15, 0.2) is 24.4 Å². The van der Waals surface area contributed by atoms with Gasteiger partial charge in [-0.1, -0.05) is 6.07 Å². The third kappa shape index (κ3) is 3.48. The monoisotopic (exact) mass is 343 g/mol. The number of pyridine rings is 1. The number of hydrogen-bond acceptors (Lipinski definition) is 3. The van der Waals surface area contributed by atoms with E-state index in [0.29, 0.717) is 31.9 Å². The summed E-state index contributed by atoms with van der Waals surface area (Å²) < 4.78 is 45.7. The molecule has 0 saturated carbocycles. The zero-order chi connectivity index (χ0) is 17.2. The maximum atomic E-state index is 13.5. The van der Waals surface area contributed by atoms with Gasteiger partial charge in [0.2, 0.25) is 0 Å². The summed E-state index contributed by atoms with van der Waals surface area (Å²) in [5.74, 6) is -0.991. The van der Waals surface area contributed by atoms with Gasteiger partial charge in [-0.15, -0.1) is 0 Å². The predicted molar refractivity (Wildman–Crippen MR) is 81.5 cm³/mol. The van der Waals surface area contributed by atoms with Crippen LogP contribution in [0, 0.1) is 11.3 Å². The second-order valence-electron chi connectivity index (χ2n) is 6.42. The molecule has 1 aromatic rings. The molecule has 3 heterocycles. The average molecular weight is 343 g/mol. The number of aromatic nitrogens is 1. The number of carbonyl (C=O) groups excluding carboxylic acids is 1. The molecule has 8 heteroatoms. The number of nitrogens with one attached hydrogen (secondary N) is 1. The maximum Gasteiger partial charge on any atom is 0.392 e. The standard InChI is InChI=1S/C16H20F3N3O2/c17-16(18,19)12-4-8-22(11-15(12)5-9-24-10-6-15)14(23)21-13-3-1-2-7-20-13/h1-3,7,12H,4-6,8-11H2,(H,20,21,23). The number of nitrogens with zero attached hydrogens (tertiary/aromatic N) is 2. The lowest BCUT2D eigenvalue weighted by Crippen LogP contribution is -2.57. The summed E-state index contributed by atoms with van der Waals surface area (Å²) in [4.78, 5) is 17.9. The molecule has 0 aliphatic carbocycles. The van der Waals surface area contributed by atoms with Crippen molar-refractivity contribution in [2.75, 3.05) is 31.6 Å². The van der Waals surface area contributed by atoms with Crippen molar-refractivity contribution < 1.29 is 22.7 Å². The fraction of sp³-hybridized carbons (Fsp3) is 0.625. The Hall–Kier alpha value is -1.83. The van der Waals surface area contributed by atoms with Crippen molar-refractivity contribution in [1.29, 1.82) is 0 Å². The lowest BCUT2D eigenvalue weighted by Gasteiger charge is -2.50. The van der Waals surface area contributed by atoms with Crippen molar-refractivity contribution in [1.82, 2.24) is 9.88 Å². The van der Waals surface area contributed by atoms with E-state index in [1.54, 1.807) is 24.4 Å². The molecule has 5 nitrogen and oxygen atoms in total. The Morgan fingerprint density at radius 1 is 1.33 bits per heavy atom. The molecular formula is C16H20F3N3O2. The summed E-state index contributed by atoms with van der Waals surface area (Å²) in [6, 6.07) is 4.70. The van der Waals surface area contributed by atoms with Crippen LogP contribution in [0.25, 0.3) is 0 Å². The minimum Gasteiger partial charge on any atom is -0.381 e. The Bertz CT molecular complexity index is 574. The fourth-order valence-electron chi connectivity index (χ4n) is 3.75. The van der Waals surface area contributed by atoms with Gasteiger partial charge in [0.1, 0.15) is 5.82 Å². The molecule has 132 valence electrons. The first-order chi connectivity index (χ1) is 11.4. The molecule has 1 atom stereocenters. The van der Waals surface area contributed by atoms with Crippen LogP contribution in [0.5, 0.6) is 0 Å². The van der Waals surface area contributed by atoms with Crippen LogP contribution in [-0.4, -0.2) is 48.4 Å². The molecule has 0 radical (unpaired) electrons. The molecule has 0 bridgehead atoms. The molecule has 0 aromatic carbocycles. The highest BCUT2D eigenvalue weighted by Crippen LogP contribution is 2.50. The largest absolute Gasteiger partial charge is 0.392 e. The summed E-state index contributed by atoms with van der Waals surface area (Å²) in [7, 11) is 0. The minimum atomic E-state index is -4.25. The van der Waals surface area contributed by atoms with Gasteiger partial charge in [-0.2, -0.15) is 13.2 Å². The minimum absolute atomic E-state index is 0.0703. The Labute approximate surface area is 138 Å². The van der Waals surface area contributed by atoms with E-state index in [9.17, 15) is 18.0 Å². The Morgan fingerprint density at radius 3 is 2.71 bits per heavy atom. The number of piperidine rings is 1. The molecule has 2 aliphatic heterocycles. The van der Waals surface area contributed by atoms with E-state index in [2.05, 4.69) is 10.3 Å². The molecule has 1 unspecified atom stereocenters. The van der Waals surface area contributed by atoms with Crippen LogP contribution < -0.4 is 5.32 Å². The SMILES string of the molecule is O=C(Nc1ccccn1)N1CCC(C(F)(F)F)C2(CCOCC2)C1. The summed E-state index contributed by atoms with van der Waals surface area (Å²) in [5, 5.41) is 2.65. The number of urea groups is 1. The van der Waals surface area contributed by atoms with Gasteiger partial charge in [0, 0.05) is 37.9 Å². The maximum absolute atomic E-state index is 13.5. The molecular weight excluding hydrogens is 323 g/mol. The molecule has 1 N–H and O–H groups in total. The van der Waals surface area contributed by atoms with Crippen LogP contribution in [-0.2, 0) is 4.74 Å². The first kappa shape index (κ1) is 17.0. The predicted octanol–water partition coefficient (Wildman–Crippen LogP) is 3.29. The number of rotatable bonds is 1. The molecule has 2 saturated heterocycles. The number of alkyl halides is 3. The number of anilines is 1. The number of ether oxygens (including phenoxy) is 1. The molecule has 3 rings (SSSR count). The van der Waals surface area contributed by atoms with Crippen molar-refractivity contribution in [3.63, 3.8) is 0 Å². The summed E-state index contributed by atoms with van der Waals surface area (Å²) in [5.41, 5.74) is -0.948. The average Bonchev–Trinajstić information content (AvgIpc) is 2.55. The van der Waals surface area contributed by atoms with Crippen LogP contribution in [0.1, 0.15) is 19.3 Å². The van der Waals surface area contributed by atoms with E-state index >= 15 is 0 Å². The van der Waals surface area contributed by atoms with Gasteiger partial charge >= 0.3 is 12.2 Å². The van der Waals surface area contributed by atoms with Crippen molar-refractivity contribution in [3.8, 4) is 0 Å². The van der Waals surface area contributed by atoms with Gasteiger partial charge in [0.15, 0.2) is 0 Å². The summed E-state index contributed by atoms with van der Waals surface area (Å²) >= 11 is 0. The van der Waals surface area contributed by atoms with E-state index in [-0.39, 0.29) is 19.5 Å². The van der Waals surface area contributed by atoms with E-state index in [1.807, 2.05) is 0 Å². The van der Waals surface area contributed by atoms with Crippen LogP contribution in [0.2, 0.25) is 0 Å². The smallest absolute Gasteiger partial charge is 0.381 e. The van der Waals surface area contributed by atoms with Crippen molar-refractivity contribution in [2.24, 2.45) is 11.3 Å². The number of halogens is 3. The third-order valence-electron chi connectivity index (χ3n) is 5.00. The summed E-state index contributed by atoms with van der Waals surface area (Å²) in [6.07, 6.45) is -2.12. The first-order valence-corrected chi connectivity index (χ1v) is 8.02. The highest BCUT2D eigenvalue weighted by Gasteiger charge is 2.56. The molecule has 2 aliphatic rings. The van der Waals surface area contributed by atoms with Gasteiger partial charge < -0.3 is 9.64 Å². The van der Waals surface area contributed by atoms with Crippen LogP contribution in [0.3, 0.4) is 0 Å². The lowest BCUT2D eigenvalue weighted by molar-refractivity contribution is -0.232. The van der Waals surface area contributed by atoms with E-state index in [4.69, 9.17) is 4.74 Å². The van der Waals surface area contributed by atoms with Gasteiger partial charge in [0.25, 0.3) is 0 Å². The molecule has 2 fully saturated rings. The quantitative estimate of drug-likeness (QED) is 0.851. The van der Waals surface area contributed by atoms with Crippen molar-refractivity contribution >= 4 is 11.8 Å². The number of amides is 2.